The minimum atomic E-state index is -0.383. The normalized spacial score (nSPS) is 10.6. The number of carbonyl (C=O) groups is 2. The zero-order valence-corrected chi connectivity index (χ0v) is 17.7. The average Bonchev–Trinajstić information content (AvgIpc) is 2.74. The monoisotopic (exact) mass is 417 g/mol. The minimum absolute atomic E-state index is 0.130. The van der Waals surface area contributed by atoms with Crippen molar-refractivity contribution in [3.63, 3.8) is 0 Å². The highest BCUT2D eigenvalue weighted by atomic mass is 35.5. The van der Waals surface area contributed by atoms with E-state index in [2.05, 4.69) is 29.4 Å². The van der Waals surface area contributed by atoms with Gasteiger partial charge in [0.05, 0.1) is 17.1 Å². The Bertz CT molecular complexity index is 809. The molecule has 0 saturated heterocycles. The van der Waals surface area contributed by atoms with E-state index in [-0.39, 0.29) is 18.4 Å². The van der Waals surface area contributed by atoms with Gasteiger partial charge in [-0.25, -0.2) is 0 Å². The van der Waals surface area contributed by atoms with Crippen LogP contribution in [0.3, 0.4) is 0 Å². The van der Waals surface area contributed by atoms with Gasteiger partial charge in [-0.15, -0.1) is 0 Å². The fourth-order valence-electron chi connectivity index (χ4n) is 2.77. The maximum Gasteiger partial charge on any atom is 0.253 e. The van der Waals surface area contributed by atoms with Crippen molar-refractivity contribution in [1.82, 2.24) is 15.5 Å². The van der Waals surface area contributed by atoms with Crippen LogP contribution in [0, 0.1) is 0 Å². The van der Waals surface area contributed by atoms with E-state index in [9.17, 15) is 9.59 Å². The van der Waals surface area contributed by atoms with Gasteiger partial charge in [0.15, 0.2) is 0 Å². The lowest BCUT2D eigenvalue weighted by molar-refractivity contribution is -0.120. The molecule has 2 N–H and O–H groups in total. The first-order valence-corrected chi connectivity index (χ1v) is 10.1. The second-order valence-electron chi connectivity index (χ2n) is 6.42. The van der Waals surface area contributed by atoms with Gasteiger partial charge in [0, 0.05) is 18.7 Å². The first kappa shape index (κ1) is 22.7. The second-order valence-corrected chi connectivity index (χ2v) is 6.83. The SMILES string of the molecule is CCN(CC)CCOc1ccccc1CNC(=O)CNC(=O)c1ccccc1Cl. The third-order valence-electron chi connectivity index (χ3n) is 4.54. The maximum absolute atomic E-state index is 12.1. The number of para-hydroxylation sites is 1. The number of amides is 2. The van der Waals surface area contributed by atoms with Crippen LogP contribution in [0.4, 0.5) is 0 Å². The predicted molar refractivity (Wildman–Crippen MR) is 115 cm³/mol. The van der Waals surface area contributed by atoms with Crippen LogP contribution >= 0.6 is 11.6 Å². The Morgan fingerprint density at radius 1 is 1.00 bits per heavy atom. The molecular weight excluding hydrogens is 390 g/mol. The molecule has 0 aliphatic heterocycles. The smallest absolute Gasteiger partial charge is 0.253 e. The van der Waals surface area contributed by atoms with Crippen molar-refractivity contribution in [2.45, 2.75) is 20.4 Å². The lowest BCUT2D eigenvalue weighted by Crippen LogP contribution is -2.36. The molecule has 0 fully saturated rings. The molecule has 0 atom stereocenters. The predicted octanol–water partition coefficient (Wildman–Crippen LogP) is 3.11. The Morgan fingerprint density at radius 3 is 2.41 bits per heavy atom. The topological polar surface area (TPSA) is 70.7 Å². The zero-order valence-electron chi connectivity index (χ0n) is 16.9. The van der Waals surface area contributed by atoms with Crippen LogP contribution in [0.15, 0.2) is 48.5 Å². The number of halogens is 1. The van der Waals surface area contributed by atoms with Crippen LogP contribution in [0.5, 0.6) is 5.75 Å². The Hall–Kier alpha value is -2.57. The molecule has 2 rings (SSSR count). The summed E-state index contributed by atoms with van der Waals surface area (Å²) in [5.41, 5.74) is 1.23. The number of hydrogen-bond donors (Lipinski definition) is 2. The number of ether oxygens (including phenoxy) is 1. The van der Waals surface area contributed by atoms with Crippen molar-refractivity contribution in [2.75, 3.05) is 32.8 Å². The largest absolute Gasteiger partial charge is 0.492 e. The van der Waals surface area contributed by atoms with Crippen molar-refractivity contribution in [2.24, 2.45) is 0 Å². The van der Waals surface area contributed by atoms with Gasteiger partial charge in [-0.2, -0.15) is 0 Å². The Morgan fingerprint density at radius 2 is 1.69 bits per heavy atom. The van der Waals surface area contributed by atoms with E-state index in [1.807, 2.05) is 24.3 Å². The molecule has 2 aromatic carbocycles. The molecule has 2 amide bonds. The van der Waals surface area contributed by atoms with E-state index in [1.54, 1.807) is 24.3 Å². The molecule has 0 saturated carbocycles. The molecule has 0 bridgehead atoms. The number of carbonyl (C=O) groups excluding carboxylic acids is 2. The van der Waals surface area contributed by atoms with Crippen molar-refractivity contribution >= 4 is 23.4 Å². The summed E-state index contributed by atoms with van der Waals surface area (Å²) in [5.74, 6) is 0.0780. The summed E-state index contributed by atoms with van der Waals surface area (Å²) in [7, 11) is 0. The zero-order chi connectivity index (χ0) is 21.1. The molecular formula is C22H28ClN3O3. The minimum Gasteiger partial charge on any atom is -0.492 e. The van der Waals surface area contributed by atoms with Crippen LogP contribution in [0.25, 0.3) is 0 Å². The quantitative estimate of drug-likeness (QED) is 0.589. The second kappa shape index (κ2) is 12.1. The maximum atomic E-state index is 12.1. The highest BCUT2D eigenvalue weighted by Gasteiger charge is 2.11. The van der Waals surface area contributed by atoms with Crippen LogP contribution in [-0.4, -0.2) is 49.5 Å². The molecule has 7 heteroatoms. The lowest BCUT2D eigenvalue weighted by Gasteiger charge is -2.19. The van der Waals surface area contributed by atoms with Gasteiger partial charge in [-0.05, 0) is 31.3 Å². The van der Waals surface area contributed by atoms with E-state index in [1.165, 1.54) is 0 Å². The summed E-state index contributed by atoms with van der Waals surface area (Å²) in [6.07, 6.45) is 0. The van der Waals surface area contributed by atoms with E-state index in [0.29, 0.717) is 23.7 Å². The average molecular weight is 418 g/mol. The lowest BCUT2D eigenvalue weighted by atomic mass is 10.2. The molecule has 0 aliphatic rings. The number of nitrogens with zero attached hydrogens (tertiary/aromatic N) is 1. The number of nitrogens with one attached hydrogen (secondary N) is 2. The van der Waals surface area contributed by atoms with Gasteiger partial charge < -0.3 is 20.3 Å². The molecule has 0 aliphatic carbocycles. The van der Waals surface area contributed by atoms with E-state index >= 15 is 0 Å². The van der Waals surface area contributed by atoms with Crippen molar-refractivity contribution in [3.05, 3.63) is 64.7 Å². The van der Waals surface area contributed by atoms with Crippen molar-refractivity contribution in [1.29, 1.82) is 0 Å². The number of benzene rings is 2. The summed E-state index contributed by atoms with van der Waals surface area (Å²) < 4.78 is 5.90. The van der Waals surface area contributed by atoms with Gasteiger partial charge in [0.2, 0.25) is 5.91 Å². The Balaban J connectivity index is 1.81. The van der Waals surface area contributed by atoms with Gasteiger partial charge in [-0.1, -0.05) is 55.8 Å². The summed E-state index contributed by atoms with van der Waals surface area (Å²) in [5, 5.41) is 5.73. The summed E-state index contributed by atoms with van der Waals surface area (Å²) >= 11 is 5.99. The molecule has 2 aromatic rings. The first-order valence-electron chi connectivity index (χ1n) is 9.77. The van der Waals surface area contributed by atoms with Gasteiger partial charge in [0.1, 0.15) is 12.4 Å². The summed E-state index contributed by atoms with van der Waals surface area (Å²) in [6, 6.07) is 14.3. The number of likely N-dealkylation sites (N-methyl/N-ethyl adjacent to an activating group) is 1. The molecule has 6 nitrogen and oxygen atoms in total. The highest BCUT2D eigenvalue weighted by molar-refractivity contribution is 6.33. The standard InChI is InChI=1S/C22H28ClN3O3/c1-3-26(4-2)13-14-29-20-12-8-5-9-17(20)15-24-21(27)16-25-22(28)18-10-6-7-11-19(18)23/h5-12H,3-4,13-16H2,1-2H3,(H,24,27)(H,25,28). The molecule has 0 radical (unpaired) electrons. The van der Waals surface area contributed by atoms with Crippen LogP contribution in [0.2, 0.25) is 5.02 Å². The summed E-state index contributed by atoms with van der Waals surface area (Å²) in [4.78, 5) is 26.5. The number of rotatable bonds is 11. The van der Waals surface area contributed by atoms with E-state index in [4.69, 9.17) is 16.3 Å². The van der Waals surface area contributed by atoms with E-state index in [0.717, 1.165) is 30.9 Å². The molecule has 0 heterocycles. The van der Waals surface area contributed by atoms with Crippen LogP contribution < -0.4 is 15.4 Å². The molecule has 29 heavy (non-hydrogen) atoms. The fraction of sp³-hybridized carbons (Fsp3) is 0.364. The van der Waals surface area contributed by atoms with Crippen LogP contribution in [-0.2, 0) is 11.3 Å². The summed E-state index contributed by atoms with van der Waals surface area (Å²) in [6.45, 7) is 7.84. The number of hydrogen-bond acceptors (Lipinski definition) is 4. The van der Waals surface area contributed by atoms with Crippen LogP contribution in [0.1, 0.15) is 29.8 Å². The fourth-order valence-corrected chi connectivity index (χ4v) is 2.99. The molecule has 156 valence electrons. The van der Waals surface area contributed by atoms with Gasteiger partial charge >= 0.3 is 0 Å². The van der Waals surface area contributed by atoms with Gasteiger partial charge in [-0.3, -0.25) is 9.59 Å². The van der Waals surface area contributed by atoms with Crippen molar-refractivity contribution in [3.8, 4) is 5.75 Å². The first-order chi connectivity index (χ1) is 14.0. The molecule has 0 aromatic heterocycles. The Labute approximate surface area is 177 Å². The van der Waals surface area contributed by atoms with Gasteiger partial charge in [0.25, 0.3) is 5.91 Å². The Kier molecular flexibility index (Phi) is 9.47. The van der Waals surface area contributed by atoms with Crippen molar-refractivity contribution < 1.29 is 14.3 Å². The molecule has 0 spiro atoms. The highest BCUT2D eigenvalue weighted by Crippen LogP contribution is 2.18. The third kappa shape index (κ3) is 7.40. The van der Waals surface area contributed by atoms with E-state index < -0.39 is 0 Å². The third-order valence-corrected chi connectivity index (χ3v) is 4.87. The molecule has 0 unspecified atom stereocenters.